The van der Waals surface area contributed by atoms with Gasteiger partial charge >= 0.3 is 0 Å². The minimum atomic E-state index is -3.84. The first kappa shape index (κ1) is 22.0. The van der Waals surface area contributed by atoms with Gasteiger partial charge in [0.15, 0.2) is 5.79 Å². The summed E-state index contributed by atoms with van der Waals surface area (Å²) in [5, 5.41) is 7.08. The van der Waals surface area contributed by atoms with Crippen molar-refractivity contribution < 1.29 is 32.3 Å². The third-order valence-electron chi connectivity index (χ3n) is 5.37. The molecule has 0 aromatic heterocycles. The Bertz CT molecular complexity index is 1050. The second-order valence-corrected chi connectivity index (χ2v) is 9.94. The van der Waals surface area contributed by atoms with Crippen molar-refractivity contribution in [3.63, 3.8) is 0 Å². The largest absolute Gasteiger partial charge is 0.348 e. The second-order valence-electron chi connectivity index (χ2n) is 7.42. The third kappa shape index (κ3) is 4.67. The number of imide groups is 1. The maximum Gasteiger partial charge on any atom is 0.294 e. The first-order valence-corrected chi connectivity index (χ1v) is 12.0. The van der Waals surface area contributed by atoms with Crippen LogP contribution in [0.25, 0.3) is 0 Å². The van der Waals surface area contributed by atoms with Crippen LogP contribution in [0.1, 0.15) is 25.7 Å². The van der Waals surface area contributed by atoms with Crippen LogP contribution in [-0.4, -0.2) is 55.9 Å². The molecule has 2 saturated heterocycles. The Morgan fingerprint density at radius 1 is 1.13 bits per heavy atom. The molecule has 12 heteroatoms. The third-order valence-corrected chi connectivity index (χ3v) is 7.36. The number of carbonyl (C=O) groups excluding carboxylic acids is 3. The van der Waals surface area contributed by atoms with Gasteiger partial charge in [-0.3, -0.25) is 19.3 Å². The zero-order valence-electron chi connectivity index (χ0n) is 16.5. The molecule has 1 aromatic rings. The molecule has 3 amide bonds. The summed E-state index contributed by atoms with van der Waals surface area (Å²) in [7, 11) is -3.84. The molecular weight excluding hydrogens is 446 g/mol. The SMILES string of the molecule is NS(=O)(=O)c1ccc(NC(=O)CN2C(=O)SC(=C3CCC4(CC3)OCCO4)C2=O)cc1. The molecule has 3 fully saturated rings. The number of thioether (sulfide) groups is 1. The van der Waals surface area contributed by atoms with Crippen molar-refractivity contribution in [3.8, 4) is 0 Å². The fourth-order valence-electron chi connectivity index (χ4n) is 3.77. The number of primary sulfonamides is 1. The number of hydrogen-bond donors (Lipinski definition) is 2. The van der Waals surface area contributed by atoms with Gasteiger partial charge < -0.3 is 14.8 Å². The number of anilines is 1. The van der Waals surface area contributed by atoms with Crippen molar-refractivity contribution in [2.45, 2.75) is 36.4 Å². The number of allylic oxidation sites excluding steroid dienone is 1. The maximum absolute atomic E-state index is 12.8. The van der Waals surface area contributed by atoms with Crippen LogP contribution in [0.15, 0.2) is 39.6 Å². The average Bonchev–Trinajstić information content (AvgIpc) is 3.28. The Labute approximate surface area is 183 Å². The van der Waals surface area contributed by atoms with Gasteiger partial charge in [0.05, 0.1) is 23.0 Å². The van der Waals surface area contributed by atoms with Gasteiger partial charge in [0.2, 0.25) is 15.9 Å². The highest BCUT2D eigenvalue weighted by molar-refractivity contribution is 8.18. The molecule has 0 bridgehead atoms. The number of nitrogens with zero attached hydrogens (tertiary/aromatic N) is 1. The highest BCUT2D eigenvalue weighted by Crippen LogP contribution is 2.43. The molecule has 2 aliphatic heterocycles. The first-order valence-electron chi connectivity index (χ1n) is 9.63. The molecule has 3 aliphatic rings. The summed E-state index contributed by atoms with van der Waals surface area (Å²) in [6.45, 7) is 0.686. The highest BCUT2D eigenvalue weighted by Gasteiger charge is 2.43. The summed E-state index contributed by atoms with van der Waals surface area (Å²) in [4.78, 5) is 38.7. The molecule has 1 spiro atoms. The lowest BCUT2D eigenvalue weighted by molar-refractivity contribution is -0.171. The van der Waals surface area contributed by atoms with E-state index in [4.69, 9.17) is 14.6 Å². The standard InChI is InChI=1S/C19H21N3O7S2/c20-31(26,27)14-3-1-13(2-4-14)21-15(23)11-22-17(24)16(30-18(22)25)12-5-7-19(8-6-12)28-9-10-29-19/h1-4H,5-11H2,(H,21,23)(H2,20,26,27). The summed E-state index contributed by atoms with van der Waals surface area (Å²) in [5.74, 6) is -1.63. The lowest BCUT2D eigenvalue weighted by atomic mass is 9.89. The number of amides is 3. The molecule has 0 unspecified atom stereocenters. The van der Waals surface area contributed by atoms with Gasteiger partial charge in [0.25, 0.3) is 11.1 Å². The van der Waals surface area contributed by atoms with E-state index in [1.54, 1.807) is 0 Å². The van der Waals surface area contributed by atoms with Gasteiger partial charge in [-0.15, -0.1) is 0 Å². The quantitative estimate of drug-likeness (QED) is 0.634. The predicted octanol–water partition coefficient (Wildman–Crippen LogP) is 1.54. The summed E-state index contributed by atoms with van der Waals surface area (Å²) >= 11 is 0.847. The summed E-state index contributed by atoms with van der Waals surface area (Å²) in [5.41, 5.74) is 1.20. The number of rotatable bonds is 4. The molecule has 10 nitrogen and oxygen atoms in total. The van der Waals surface area contributed by atoms with Gasteiger partial charge in [0.1, 0.15) is 6.54 Å². The van der Waals surface area contributed by atoms with Crippen LogP contribution in [0.5, 0.6) is 0 Å². The van der Waals surface area contributed by atoms with Gasteiger partial charge in [-0.25, -0.2) is 13.6 Å². The number of nitrogens with one attached hydrogen (secondary N) is 1. The van der Waals surface area contributed by atoms with Crippen LogP contribution in [0.3, 0.4) is 0 Å². The predicted molar refractivity (Wildman–Crippen MR) is 111 cm³/mol. The smallest absolute Gasteiger partial charge is 0.294 e. The summed E-state index contributed by atoms with van der Waals surface area (Å²) < 4.78 is 34.0. The van der Waals surface area contributed by atoms with Crippen LogP contribution >= 0.6 is 11.8 Å². The second kappa shape index (κ2) is 8.36. The van der Waals surface area contributed by atoms with Gasteiger partial charge in [0, 0.05) is 18.5 Å². The minimum absolute atomic E-state index is 0.0919. The Morgan fingerprint density at radius 3 is 2.32 bits per heavy atom. The number of benzene rings is 1. The van der Waals surface area contributed by atoms with E-state index in [1.807, 2.05) is 0 Å². The number of ether oxygens (including phenoxy) is 2. The van der Waals surface area contributed by atoms with Crippen LogP contribution in [-0.2, 0) is 29.1 Å². The Kier molecular flexibility index (Phi) is 5.92. The van der Waals surface area contributed by atoms with Crippen molar-refractivity contribution in [2.24, 2.45) is 5.14 Å². The molecule has 1 aromatic carbocycles. The van der Waals surface area contributed by atoms with E-state index in [2.05, 4.69) is 5.32 Å². The van der Waals surface area contributed by atoms with E-state index < -0.39 is 39.4 Å². The molecule has 3 N–H and O–H groups in total. The molecule has 1 saturated carbocycles. The van der Waals surface area contributed by atoms with Crippen LogP contribution in [0.2, 0.25) is 0 Å². The van der Waals surface area contributed by atoms with Crippen molar-refractivity contribution in [3.05, 3.63) is 34.7 Å². The molecule has 31 heavy (non-hydrogen) atoms. The average molecular weight is 468 g/mol. The number of hydrogen-bond acceptors (Lipinski definition) is 8. The van der Waals surface area contributed by atoms with Crippen LogP contribution in [0, 0.1) is 0 Å². The molecule has 4 rings (SSSR count). The van der Waals surface area contributed by atoms with Crippen molar-refractivity contribution in [1.29, 1.82) is 0 Å². The Morgan fingerprint density at radius 2 is 1.74 bits per heavy atom. The summed E-state index contributed by atoms with van der Waals surface area (Å²) in [6, 6.07) is 5.25. The number of nitrogens with two attached hydrogens (primary N) is 1. The molecule has 1 aliphatic carbocycles. The van der Waals surface area contributed by atoms with Crippen LogP contribution in [0.4, 0.5) is 10.5 Å². The molecule has 0 atom stereocenters. The topological polar surface area (TPSA) is 145 Å². The van der Waals surface area contributed by atoms with E-state index in [1.165, 1.54) is 24.3 Å². The maximum atomic E-state index is 12.8. The minimum Gasteiger partial charge on any atom is -0.348 e. The number of sulfonamides is 1. The summed E-state index contributed by atoms with van der Waals surface area (Å²) in [6.07, 6.45) is 2.45. The van der Waals surface area contributed by atoms with Gasteiger partial charge in [-0.1, -0.05) is 5.57 Å². The highest BCUT2D eigenvalue weighted by atomic mass is 32.2. The van der Waals surface area contributed by atoms with E-state index >= 15 is 0 Å². The van der Waals surface area contributed by atoms with Gasteiger partial charge in [-0.05, 0) is 48.9 Å². The normalized spacial score (nSPS) is 21.3. The van der Waals surface area contributed by atoms with E-state index in [-0.39, 0.29) is 4.90 Å². The first-order chi connectivity index (χ1) is 14.7. The molecule has 0 radical (unpaired) electrons. The van der Waals surface area contributed by atoms with Crippen molar-refractivity contribution >= 4 is 44.5 Å². The Hall–Kier alpha value is -2.25. The lowest BCUT2D eigenvalue weighted by Crippen LogP contribution is -2.37. The molecular formula is C19H21N3O7S2. The van der Waals surface area contributed by atoms with Crippen molar-refractivity contribution in [1.82, 2.24) is 4.90 Å². The van der Waals surface area contributed by atoms with Gasteiger partial charge in [-0.2, -0.15) is 0 Å². The fraction of sp³-hybridized carbons (Fsp3) is 0.421. The zero-order chi connectivity index (χ0) is 22.2. The van der Waals surface area contributed by atoms with E-state index in [0.717, 1.165) is 22.2 Å². The number of carbonyl (C=O) groups is 3. The van der Waals surface area contributed by atoms with Crippen molar-refractivity contribution in [2.75, 3.05) is 25.1 Å². The molecule has 2 heterocycles. The monoisotopic (exact) mass is 467 g/mol. The van der Waals surface area contributed by atoms with E-state index in [9.17, 15) is 22.8 Å². The fourth-order valence-corrected chi connectivity index (χ4v) is 5.26. The van der Waals surface area contributed by atoms with Crippen LogP contribution < -0.4 is 10.5 Å². The Balaban J connectivity index is 1.38. The zero-order valence-corrected chi connectivity index (χ0v) is 18.1. The lowest BCUT2D eigenvalue weighted by Gasteiger charge is -2.32. The molecule has 166 valence electrons. The van der Waals surface area contributed by atoms with E-state index in [0.29, 0.717) is 49.5 Å².